The molecule has 0 saturated heterocycles. The summed E-state index contributed by atoms with van der Waals surface area (Å²) in [5.41, 5.74) is -0.231. The number of carbonyl (C=O) groups is 1. The lowest BCUT2D eigenvalue weighted by molar-refractivity contribution is -0.384. The summed E-state index contributed by atoms with van der Waals surface area (Å²) in [7, 11) is 0. The van der Waals surface area contributed by atoms with E-state index in [1.165, 1.54) is 23.0 Å². The summed E-state index contributed by atoms with van der Waals surface area (Å²) in [5.74, 6) is -0.750. The van der Waals surface area contributed by atoms with Crippen molar-refractivity contribution in [1.82, 2.24) is 9.78 Å². The van der Waals surface area contributed by atoms with Gasteiger partial charge in [-0.15, -0.1) is 0 Å². The number of amides is 1. The molecule has 0 atom stereocenters. The van der Waals surface area contributed by atoms with Crippen molar-refractivity contribution in [3.63, 3.8) is 0 Å². The largest absolute Gasteiger partial charge is 0.506 e. The van der Waals surface area contributed by atoms with Crippen LogP contribution in [0.2, 0.25) is 10.0 Å². The molecule has 9 nitrogen and oxygen atoms in total. The Balaban J connectivity index is 1.66. The number of nitro groups is 1. The summed E-state index contributed by atoms with van der Waals surface area (Å²) in [6, 6.07) is 9.70. The Morgan fingerprint density at radius 2 is 1.96 bits per heavy atom. The molecule has 11 heteroatoms. The van der Waals surface area contributed by atoms with Gasteiger partial charge in [0.05, 0.1) is 26.7 Å². The van der Waals surface area contributed by atoms with E-state index in [4.69, 9.17) is 27.9 Å². The summed E-state index contributed by atoms with van der Waals surface area (Å²) in [6.07, 6.45) is 1.51. The van der Waals surface area contributed by atoms with Crippen molar-refractivity contribution < 1.29 is 19.6 Å². The number of halogens is 2. The van der Waals surface area contributed by atoms with Crippen LogP contribution < -0.4 is 10.1 Å². The summed E-state index contributed by atoms with van der Waals surface area (Å²) in [5, 5.41) is 27.7. The molecule has 1 amide bonds. The number of carbonyl (C=O) groups excluding carboxylic acids is 1. The summed E-state index contributed by atoms with van der Waals surface area (Å²) < 4.78 is 6.87. The molecule has 28 heavy (non-hydrogen) atoms. The van der Waals surface area contributed by atoms with Crippen molar-refractivity contribution in [2.24, 2.45) is 0 Å². The van der Waals surface area contributed by atoms with Gasteiger partial charge < -0.3 is 15.2 Å². The zero-order valence-electron chi connectivity index (χ0n) is 14.0. The van der Waals surface area contributed by atoms with Crippen molar-refractivity contribution in [3.05, 3.63) is 74.5 Å². The predicted octanol–water partition coefficient (Wildman–Crippen LogP) is 4.09. The molecule has 2 N–H and O–H groups in total. The van der Waals surface area contributed by atoms with Crippen molar-refractivity contribution in [3.8, 4) is 11.5 Å². The van der Waals surface area contributed by atoms with Gasteiger partial charge in [-0.1, -0.05) is 29.3 Å². The van der Waals surface area contributed by atoms with E-state index in [1.807, 2.05) is 0 Å². The highest BCUT2D eigenvalue weighted by atomic mass is 35.5. The topological polar surface area (TPSA) is 120 Å². The third-order valence-corrected chi connectivity index (χ3v) is 4.17. The van der Waals surface area contributed by atoms with Crippen LogP contribution in [0.3, 0.4) is 0 Å². The van der Waals surface area contributed by atoms with Crippen molar-refractivity contribution in [1.29, 1.82) is 0 Å². The van der Waals surface area contributed by atoms with Gasteiger partial charge in [-0.25, -0.2) is 4.68 Å². The van der Waals surface area contributed by atoms with E-state index in [-0.39, 0.29) is 23.8 Å². The van der Waals surface area contributed by atoms with E-state index in [0.29, 0.717) is 15.8 Å². The zero-order chi connectivity index (χ0) is 20.3. The second-order valence-corrected chi connectivity index (χ2v) is 6.29. The Hall–Kier alpha value is -3.30. The van der Waals surface area contributed by atoms with E-state index in [9.17, 15) is 20.0 Å². The van der Waals surface area contributed by atoms with Crippen LogP contribution >= 0.6 is 23.2 Å². The van der Waals surface area contributed by atoms with E-state index < -0.39 is 16.6 Å². The molecule has 1 aromatic heterocycles. The SMILES string of the molecule is O=C(Nc1ccc([N+](=O)[O-])cc1O)c1ccn(COc2c(Cl)cccc2Cl)n1. The van der Waals surface area contributed by atoms with Gasteiger partial charge in [-0.05, 0) is 24.3 Å². The third kappa shape index (κ3) is 4.33. The molecule has 0 radical (unpaired) electrons. The maximum absolute atomic E-state index is 12.3. The second-order valence-electron chi connectivity index (χ2n) is 5.48. The van der Waals surface area contributed by atoms with Crippen LogP contribution in [0.1, 0.15) is 10.5 Å². The molecule has 0 unspecified atom stereocenters. The summed E-state index contributed by atoms with van der Waals surface area (Å²) in [4.78, 5) is 22.3. The van der Waals surface area contributed by atoms with Crippen LogP contribution in [-0.2, 0) is 6.73 Å². The van der Waals surface area contributed by atoms with Crippen LogP contribution in [0.25, 0.3) is 0 Å². The molecule has 3 rings (SSSR count). The van der Waals surface area contributed by atoms with E-state index >= 15 is 0 Å². The van der Waals surface area contributed by atoms with Crippen molar-refractivity contribution in [2.45, 2.75) is 6.73 Å². The van der Waals surface area contributed by atoms with Gasteiger partial charge in [-0.3, -0.25) is 14.9 Å². The average molecular weight is 423 g/mol. The minimum atomic E-state index is -0.655. The van der Waals surface area contributed by atoms with Gasteiger partial charge in [0, 0.05) is 12.3 Å². The first kappa shape index (κ1) is 19.5. The molecule has 144 valence electrons. The number of phenolic OH excluding ortho intramolecular Hbond substituents is 1. The lowest BCUT2D eigenvalue weighted by atomic mass is 10.2. The molecule has 2 aromatic carbocycles. The standard InChI is InChI=1S/C17H12Cl2N4O5/c18-11-2-1-3-12(19)16(11)28-9-22-7-6-14(21-22)17(25)20-13-5-4-10(23(26)27)8-15(13)24/h1-8,24H,9H2,(H,20,25). The van der Waals surface area contributed by atoms with Crippen molar-refractivity contribution >= 4 is 40.5 Å². The highest BCUT2D eigenvalue weighted by Gasteiger charge is 2.15. The van der Waals surface area contributed by atoms with Crippen LogP contribution in [0.4, 0.5) is 11.4 Å². The monoisotopic (exact) mass is 422 g/mol. The molecule has 0 fully saturated rings. The Labute approximate surface area is 168 Å². The van der Waals surface area contributed by atoms with Crippen LogP contribution in [0.5, 0.6) is 11.5 Å². The lowest BCUT2D eigenvalue weighted by Gasteiger charge is -2.09. The molecule has 0 aliphatic heterocycles. The fourth-order valence-electron chi connectivity index (χ4n) is 2.23. The minimum Gasteiger partial charge on any atom is -0.506 e. The van der Waals surface area contributed by atoms with Gasteiger partial charge in [-0.2, -0.15) is 5.10 Å². The summed E-state index contributed by atoms with van der Waals surface area (Å²) >= 11 is 12.0. The first-order chi connectivity index (χ1) is 13.3. The first-order valence-electron chi connectivity index (χ1n) is 7.74. The smallest absolute Gasteiger partial charge is 0.276 e. The average Bonchev–Trinajstić information content (AvgIpc) is 3.12. The number of non-ortho nitro benzene ring substituents is 1. The fourth-order valence-corrected chi connectivity index (χ4v) is 2.74. The Morgan fingerprint density at radius 3 is 2.61 bits per heavy atom. The highest BCUT2D eigenvalue weighted by molar-refractivity contribution is 6.37. The first-order valence-corrected chi connectivity index (χ1v) is 8.50. The number of nitrogens with one attached hydrogen (secondary N) is 1. The molecule has 0 saturated carbocycles. The number of para-hydroxylation sites is 1. The molecule has 1 heterocycles. The number of nitrogens with zero attached hydrogens (tertiary/aromatic N) is 3. The molecule has 3 aromatic rings. The number of rotatable bonds is 6. The number of aromatic nitrogens is 2. The fraction of sp³-hybridized carbons (Fsp3) is 0.0588. The van der Waals surface area contributed by atoms with Crippen molar-refractivity contribution in [2.75, 3.05) is 5.32 Å². The molecular formula is C17H12Cl2N4O5. The molecule has 0 bridgehead atoms. The minimum absolute atomic E-state index is 0.0178. The Kier molecular flexibility index (Phi) is 5.67. The Morgan fingerprint density at radius 1 is 1.25 bits per heavy atom. The predicted molar refractivity (Wildman–Crippen MR) is 102 cm³/mol. The van der Waals surface area contributed by atoms with Crippen LogP contribution in [0.15, 0.2) is 48.7 Å². The van der Waals surface area contributed by atoms with Gasteiger partial charge in [0.25, 0.3) is 11.6 Å². The number of benzene rings is 2. The molecule has 0 aliphatic carbocycles. The molecule has 0 aliphatic rings. The van der Waals surface area contributed by atoms with E-state index in [2.05, 4.69) is 10.4 Å². The number of ether oxygens (including phenoxy) is 1. The normalized spacial score (nSPS) is 10.5. The quantitative estimate of drug-likeness (QED) is 0.350. The maximum Gasteiger partial charge on any atom is 0.276 e. The number of hydrogen-bond acceptors (Lipinski definition) is 6. The lowest BCUT2D eigenvalue weighted by Crippen LogP contribution is -2.14. The number of hydrogen-bond donors (Lipinski definition) is 2. The maximum atomic E-state index is 12.3. The Bertz CT molecular complexity index is 1030. The third-order valence-electron chi connectivity index (χ3n) is 3.57. The van der Waals surface area contributed by atoms with Gasteiger partial charge in [0.1, 0.15) is 5.75 Å². The van der Waals surface area contributed by atoms with Gasteiger partial charge >= 0.3 is 0 Å². The number of phenols is 1. The number of nitro benzene ring substituents is 1. The number of aromatic hydroxyl groups is 1. The highest BCUT2D eigenvalue weighted by Crippen LogP contribution is 2.32. The summed E-state index contributed by atoms with van der Waals surface area (Å²) in [6.45, 7) is -0.0421. The van der Waals surface area contributed by atoms with Crippen LogP contribution in [-0.4, -0.2) is 25.7 Å². The second kappa shape index (κ2) is 8.15. The molecule has 0 spiro atoms. The van der Waals surface area contributed by atoms with Crippen LogP contribution in [0, 0.1) is 10.1 Å². The van der Waals surface area contributed by atoms with Gasteiger partial charge in [0.2, 0.25) is 0 Å². The molecular weight excluding hydrogens is 411 g/mol. The van der Waals surface area contributed by atoms with E-state index in [1.54, 1.807) is 18.2 Å². The zero-order valence-corrected chi connectivity index (χ0v) is 15.5. The number of anilines is 1. The van der Waals surface area contributed by atoms with E-state index in [0.717, 1.165) is 12.1 Å². The van der Waals surface area contributed by atoms with Gasteiger partial charge in [0.15, 0.2) is 18.2 Å².